The summed E-state index contributed by atoms with van der Waals surface area (Å²) in [6, 6.07) is 9.65. The van der Waals surface area contributed by atoms with E-state index in [1.165, 1.54) is 7.11 Å². The van der Waals surface area contributed by atoms with Gasteiger partial charge in [0.1, 0.15) is 5.75 Å². The summed E-state index contributed by atoms with van der Waals surface area (Å²) in [7, 11) is 1.37. The Bertz CT molecular complexity index is 540. The van der Waals surface area contributed by atoms with Crippen molar-refractivity contribution in [2.75, 3.05) is 38.3 Å². The smallest absolute Gasteiger partial charge is 0.305 e. The van der Waals surface area contributed by atoms with E-state index < -0.39 is 0 Å². The molecule has 0 aliphatic carbocycles. The number of rotatable bonds is 10. The van der Waals surface area contributed by atoms with Gasteiger partial charge in [-0.15, -0.1) is 0 Å². The molecule has 1 rings (SSSR count). The van der Waals surface area contributed by atoms with Gasteiger partial charge in [0.2, 0.25) is 6.54 Å². The van der Waals surface area contributed by atoms with Gasteiger partial charge in [-0.25, -0.2) is 6.57 Å². The minimum Gasteiger partial charge on any atom is -0.494 e. The van der Waals surface area contributed by atoms with E-state index in [2.05, 4.69) is 15.7 Å². The van der Waals surface area contributed by atoms with Crippen LogP contribution in [0.1, 0.15) is 19.3 Å². The Morgan fingerprint density at radius 1 is 1.35 bits per heavy atom. The zero-order chi connectivity index (χ0) is 16.9. The third-order valence-electron chi connectivity index (χ3n) is 3.20. The second kappa shape index (κ2) is 10.9. The Morgan fingerprint density at radius 3 is 2.70 bits per heavy atom. The highest BCUT2D eigenvalue weighted by molar-refractivity contribution is 5.69. The summed E-state index contributed by atoms with van der Waals surface area (Å²) in [6.07, 6.45) is 1.37. The summed E-state index contributed by atoms with van der Waals surface area (Å²) in [6.45, 7) is 8.94. The average molecular weight is 315 g/mol. The first kappa shape index (κ1) is 18.3. The number of benzene rings is 1. The molecule has 0 saturated carbocycles. The van der Waals surface area contributed by atoms with E-state index in [-0.39, 0.29) is 5.97 Å². The topological polar surface area (TPSA) is 66.9 Å². The highest BCUT2D eigenvalue weighted by Crippen LogP contribution is 2.20. The number of nitrogens with zero attached hydrogens (tertiary/aromatic N) is 3. The summed E-state index contributed by atoms with van der Waals surface area (Å²) >= 11 is 0. The molecular weight excluding hydrogens is 294 g/mol. The Morgan fingerprint density at radius 2 is 2.09 bits per heavy atom. The molecule has 6 nitrogen and oxygen atoms in total. The van der Waals surface area contributed by atoms with Gasteiger partial charge in [0.15, 0.2) is 0 Å². The number of carbonyl (C=O) groups excluding carboxylic acids is 1. The van der Waals surface area contributed by atoms with E-state index in [9.17, 15) is 4.79 Å². The summed E-state index contributed by atoms with van der Waals surface area (Å²) in [5.41, 5.74) is 0.964. The zero-order valence-electron chi connectivity index (χ0n) is 13.3. The fraction of sp³-hybridized carbons (Fsp3) is 0.471. The van der Waals surface area contributed by atoms with Crippen LogP contribution in [0.2, 0.25) is 0 Å². The van der Waals surface area contributed by atoms with E-state index in [1.807, 2.05) is 29.2 Å². The molecular formula is C17H21N3O3. The Hall–Kier alpha value is -2.73. The molecule has 0 aromatic heterocycles. The molecule has 1 aromatic rings. The minimum absolute atomic E-state index is 0.239. The van der Waals surface area contributed by atoms with Gasteiger partial charge in [0, 0.05) is 18.7 Å². The van der Waals surface area contributed by atoms with Crippen LogP contribution in [-0.2, 0) is 9.53 Å². The summed E-state index contributed by atoms with van der Waals surface area (Å²) in [5.74, 6) is 0.487. The van der Waals surface area contributed by atoms with Crippen molar-refractivity contribution < 1.29 is 14.3 Å². The van der Waals surface area contributed by atoms with Crippen LogP contribution in [0, 0.1) is 17.9 Å². The number of methoxy groups -OCH3 is 1. The molecule has 0 saturated heterocycles. The molecule has 23 heavy (non-hydrogen) atoms. The van der Waals surface area contributed by atoms with Crippen molar-refractivity contribution in [3.8, 4) is 11.8 Å². The van der Waals surface area contributed by atoms with E-state index in [0.29, 0.717) is 45.5 Å². The largest absolute Gasteiger partial charge is 0.494 e. The van der Waals surface area contributed by atoms with Crippen molar-refractivity contribution >= 4 is 11.7 Å². The molecule has 0 spiro atoms. The van der Waals surface area contributed by atoms with Crippen molar-refractivity contribution in [3.63, 3.8) is 0 Å². The van der Waals surface area contributed by atoms with Gasteiger partial charge in [0.25, 0.3) is 0 Å². The summed E-state index contributed by atoms with van der Waals surface area (Å²) in [5, 5.41) is 8.72. The van der Waals surface area contributed by atoms with E-state index in [0.717, 1.165) is 11.4 Å². The lowest BCUT2D eigenvalue weighted by Gasteiger charge is -2.21. The molecule has 0 fully saturated rings. The average Bonchev–Trinajstić information content (AvgIpc) is 2.59. The fourth-order valence-corrected chi connectivity index (χ4v) is 1.99. The zero-order valence-corrected chi connectivity index (χ0v) is 13.3. The maximum atomic E-state index is 11.0. The first-order valence-electron chi connectivity index (χ1n) is 7.46. The van der Waals surface area contributed by atoms with Crippen molar-refractivity contribution in [2.45, 2.75) is 19.3 Å². The number of ether oxygens (including phenoxy) is 2. The molecule has 6 heteroatoms. The third kappa shape index (κ3) is 7.19. The van der Waals surface area contributed by atoms with Gasteiger partial charge >= 0.3 is 5.97 Å². The van der Waals surface area contributed by atoms with Crippen molar-refractivity contribution in [1.82, 2.24) is 0 Å². The van der Waals surface area contributed by atoms with Crippen LogP contribution in [0.25, 0.3) is 4.85 Å². The molecule has 0 atom stereocenters. The number of hydrogen-bond acceptors (Lipinski definition) is 5. The number of carbonyl (C=O) groups is 1. The van der Waals surface area contributed by atoms with Crippen molar-refractivity contribution in [3.05, 3.63) is 35.7 Å². The maximum Gasteiger partial charge on any atom is 0.305 e. The third-order valence-corrected chi connectivity index (χ3v) is 3.20. The summed E-state index contributed by atoms with van der Waals surface area (Å²) in [4.78, 5) is 16.4. The fourth-order valence-electron chi connectivity index (χ4n) is 1.99. The molecule has 0 heterocycles. The summed E-state index contributed by atoms with van der Waals surface area (Å²) < 4.78 is 10.1. The van der Waals surface area contributed by atoms with Crippen LogP contribution in [0.4, 0.5) is 5.69 Å². The van der Waals surface area contributed by atoms with E-state index in [1.54, 1.807) is 0 Å². The molecule has 0 N–H and O–H groups in total. The monoisotopic (exact) mass is 315 g/mol. The normalized spacial score (nSPS) is 9.52. The lowest BCUT2D eigenvalue weighted by atomic mass is 10.2. The van der Waals surface area contributed by atoms with Crippen LogP contribution in [0.15, 0.2) is 24.3 Å². The number of nitriles is 1. The molecule has 0 radical (unpaired) electrons. The predicted octanol–water partition coefficient (Wildman–Crippen LogP) is 2.66. The van der Waals surface area contributed by atoms with Gasteiger partial charge < -0.3 is 19.2 Å². The van der Waals surface area contributed by atoms with Gasteiger partial charge in [0.05, 0.1) is 32.8 Å². The van der Waals surface area contributed by atoms with Crippen LogP contribution in [0.3, 0.4) is 0 Å². The number of hydrogen-bond donors (Lipinski definition) is 0. The molecule has 0 bridgehead atoms. The van der Waals surface area contributed by atoms with Crippen molar-refractivity contribution in [1.29, 1.82) is 5.26 Å². The van der Waals surface area contributed by atoms with Gasteiger partial charge in [-0.1, -0.05) is 0 Å². The quantitative estimate of drug-likeness (QED) is 0.377. The molecule has 1 aromatic carbocycles. The second-order valence-electron chi connectivity index (χ2n) is 4.80. The molecule has 122 valence electrons. The lowest BCUT2D eigenvalue weighted by molar-refractivity contribution is -0.140. The molecule has 0 amide bonds. The van der Waals surface area contributed by atoms with E-state index in [4.69, 9.17) is 16.6 Å². The lowest BCUT2D eigenvalue weighted by Crippen LogP contribution is -2.26. The van der Waals surface area contributed by atoms with Gasteiger partial charge in [-0.3, -0.25) is 4.79 Å². The molecule has 0 aliphatic heterocycles. The second-order valence-corrected chi connectivity index (χ2v) is 4.80. The first-order chi connectivity index (χ1) is 11.2. The standard InChI is InChI=1S/C17H21N3O3/c1-19-11-13-20(12-4-10-18)15-6-8-16(9-7-15)23-14-3-5-17(21)22-2/h6-9H,3-5,11-14H2,2H3. The predicted molar refractivity (Wildman–Crippen MR) is 87.1 cm³/mol. The van der Waals surface area contributed by atoms with Crippen molar-refractivity contribution in [2.24, 2.45) is 0 Å². The van der Waals surface area contributed by atoms with Gasteiger partial charge in [-0.2, -0.15) is 5.26 Å². The highest BCUT2D eigenvalue weighted by atomic mass is 16.5. The van der Waals surface area contributed by atoms with Crippen LogP contribution < -0.4 is 9.64 Å². The van der Waals surface area contributed by atoms with Crippen LogP contribution >= 0.6 is 0 Å². The Labute approximate surface area is 137 Å². The highest BCUT2D eigenvalue weighted by Gasteiger charge is 2.08. The first-order valence-corrected chi connectivity index (χ1v) is 7.46. The molecule has 0 unspecified atom stereocenters. The Balaban J connectivity index is 2.51. The van der Waals surface area contributed by atoms with Gasteiger partial charge in [-0.05, 0) is 30.7 Å². The van der Waals surface area contributed by atoms with Crippen LogP contribution in [0.5, 0.6) is 5.75 Å². The number of esters is 1. The Kier molecular flexibility index (Phi) is 8.70. The van der Waals surface area contributed by atoms with E-state index >= 15 is 0 Å². The SMILES string of the molecule is [C-]#[N+]CCN(CCC#N)c1ccc(OCCCC(=O)OC)cc1. The maximum absolute atomic E-state index is 11.0. The number of anilines is 1. The minimum atomic E-state index is -0.239. The molecule has 0 aliphatic rings. The van der Waals surface area contributed by atoms with Crippen LogP contribution in [-0.4, -0.2) is 39.3 Å².